The van der Waals surface area contributed by atoms with Gasteiger partial charge < -0.3 is 5.73 Å². The highest BCUT2D eigenvalue weighted by molar-refractivity contribution is 5.91. The van der Waals surface area contributed by atoms with Crippen molar-refractivity contribution in [3.8, 4) is 11.1 Å². The Kier molecular flexibility index (Phi) is 3.84. The van der Waals surface area contributed by atoms with Crippen LogP contribution in [-0.4, -0.2) is 9.78 Å². The Hall–Kier alpha value is -2.36. The zero-order valence-electron chi connectivity index (χ0n) is 12.9. The Morgan fingerprint density at radius 2 is 1.91 bits per heavy atom. The predicted molar refractivity (Wildman–Crippen MR) is 89.0 cm³/mol. The molecule has 1 heterocycles. The number of fused-ring (bicyclic) bond motifs is 1. The number of benzene rings is 2. The largest absolute Gasteiger partial charge is 0.398 e. The van der Waals surface area contributed by atoms with Crippen molar-refractivity contribution >= 4 is 16.6 Å². The second-order valence-corrected chi connectivity index (χ2v) is 6.08. The van der Waals surface area contributed by atoms with Crippen LogP contribution in [0, 0.1) is 11.7 Å². The van der Waals surface area contributed by atoms with Gasteiger partial charge in [0.25, 0.3) is 0 Å². The molecule has 22 heavy (non-hydrogen) atoms. The highest BCUT2D eigenvalue weighted by Gasteiger charge is 2.08. The number of hydrogen-bond donors (Lipinski definition) is 1. The van der Waals surface area contributed by atoms with Crippen molar-refractivity contribution in [3.05, 3.63) is 48.4 Å². The summed E-state index contributed by atoms with van der Waals surface area (Å²) in [6, 6.07) is 10.3. The van der Waals surface area contributed by atoms with E-state index in [0.29, 0.717) is 11.6 Å². The van der Waals surface area contributed by atoms with Gasteiger partial charge in [-0.05, 0) is 42.2 Å². The van der Waals surface area contributed by atoms with Gasteiger partial charge in [0.15, 0.2) is 0 Å². The quantitative estimate of drug-likeness (QED) is 0.722. The number of aryl methyl sites for hydroxylation is 1. The summed E-state index contributed by atoms with van der Waals surface area (Å²) in [5, 5.41) is 5.65. The highest BCUT2D eigenvalue weighted by Crippen LogP contribution is 2.30. The summed E-state index contributed by atoms with van der Waals surface area (Å²) < 4.78 is 15.0. The van der Waals surface area contributed by atoms with Gasteiger partial charge in [0, 0.05) is 29.4 Å². The molecule has 1 aromatic heterocycles. The van der Waals surface area contributed by atoms with Crippen molar-refractivity contribution in [2.24, 2.45) is 5.92 Å². The minimum atomic E-state index is -0.249. The molecule has 0 saturated carbocycles. The number of aromatic nitrogens is 2. The van der Waals surface area contributed by atoms with Crippen molar-refractivity contribution in [3.63, 3.8) is 0 Å². The van der Waals surface area contributed by atoms with Gasteiger partial charge in [-0.3, -0.25) is 4.68 Å². The predicted octanol–water partition coefficient (Wildman–Crippen LogP) is 4.47. The van der Waals surface area contributed by atoms with E-state index < -0.39 is 0 Å². The van der Waals surface area contributed by atoms with Gasteiger partial charge in [-0.1, -0.05) is 26.0 Å². The summed E-state index contributed by atoms with van der Waals surface area (Å²) in [5.41, 5.74) is 9.55. The van der Waals surface area contributed by atoms with Crippen molar-refractivity contribution in [2.75, 3.05) is 5.73 Å². The Labute approximate surface area is 129 Å². The van der Waals surface area contributed by atoms with Crippen LogP contribution in [0.5, 0.6) is 0 Å². The van der Waals surface area contributed by atoms with Gasteiger partial charge in [0.2, 0.25) is 0 Å². The van der Waals surface area contributed by atoms with Crippen LogP contribution in [0.2, 0.25) is 0 Å². The minimum absolute atomic E-state index is 0.249. The molecular weight excluding hydrogens is 277 g/mol. The summed E-state index contributed by atoms with van der Waals surface area (Å²) in [5.74, 6) is 0.397. The maximum atomic E-state index is 13.1. The average Bonchev–Trinajstić information content (AvgIpc) is 2.87. The third-order valence-corrected chi connectivity index (χ3v) is 3.81. The average molecular weight is 297 g/mol. The first-order valence-electron chi connectivity index (χ1n) is 7.55. The number of halogens is 1. The van der Waals surface area contributed by atoms with E-state index in [4.69, 9.17) is 5.73 Å². The van der Waals surface area contributed by atoms with Gasteiger partial charge in [0.05, 0.1) is 5.52 Å². The first-order chi connectivity index (χ1) is 10.5. The van der Waals surface area contributed by atoms with Crippen LogP contribution in [0.15, 0.2) is 42.6 Å². The molecule has 3 rings (SSSR count). The number of rotatable bonds is 4. The minimum Gasteiger partial charge on any atom is -0.398 e. The summed E-state index contributed by atoms with van der Waals surface area (Å²) in [6.07, 6.45) is 3.12. The van der Waals surface area contributed by atoms with Crippen molar-refractivity contribution in [1.82, 2.24) is 9.78 Å². The van der Waals surface area contributed by atoms with Crippen molar-refractivity contribution in [1.29, 1.82) is 0 Å². The molecule has 3 aromatic rings. The van der Waals surface area contributed by atoms with Crippen LogP contribution >= 0.6 is 0 Å². The van der Waals surface area contributed by atoms with Crippen LogP contribution in [0.4, 0.5) is 10.1 Å². The molecule has 3 nitrogen and oxygen atoms in total. The summed E-state index contributed by atoms with van der Waals surface area (Å²) in [6.45, 7) is 5.31. The number of nitrogen functional groups attached to an aromatic ring is 1. The van der Waals surface area contributed by atoms with Crippen LogP contribution in [0.25, 0.3) is 22.0 Å². The molecule has 0 unspecified atom stereocenters. The van der Waals surface area contributed by atoms with Gasteiger partial charge in [-0.15, -0.1) is 0 Å². The zero-order valence-corrected chi connectivity index (χ0v) is 12.9. The van der Waals surface area contributed by atoms with Gasteiger partial charge in [0.1, 0.15) is 5.82 Å². The molecule has 0 atom stereocenters. The van der Waals surface area contributed by atoms with Gasteiger partial charge in [-0.25, -0.2) is 4.39 Å². The van der Waals surface area contributed by atoms with Crippen LogP contribution < -0.4 is 5.73 Å². The molecule has 2 aromatic carbocycles. The van der Waals surface area contributed by atoms with E-state index in [0.717, 1.165) is 35.0 Å². The molecular formula is C18H20FN3. The van der Waals surface area contributed by atoms with E-state index in [1.807, 2.05) is 23.0 Å². The standard InChI is InChI=1S/C18H20FN3/c1-12(2)7-8-22-11-14-9-17(20)16(10-18(14)21-22)13-3-5-15(19)6-4-13/h3-6,9-12H,7-8,20H2,1-2H3. The Bertz CT molecular complexity index is 788. The van der Waals surface area contributed by atoms with E-state index in [9.17, 15) is 4.39 Å². The number of hydrogen-bond acceptors (Lipinski definition) is 2. The smallest absolute Gasteiger partial charge is 0.123 e. The molecule has 0 bridgehead atoms. The van der Waals surface area contributed by atoms with Gasteiger partial charge >= 0.3 is 0 Å². The first kappa shape index (κ1) is 14.6. The second-order valence-electron chi connectivity index (χ2n) is 6.08. The van der Waals surface area contributed by atoms with E-state index in [-0.39, 0.29) is 5.82 Å². The maximum Gasteiger partial charge on any atom is 0.123 e. The van der Waals surface area contributed by atoms with E-state index in [2.05, 4.69) is 18.9 Å². The van der Waals surface area contributed by atoms with Crippen LogP contribution in [-0.2, 0) is 6.54 Å². The lowest BCUT2D eigenvalue weighted by atomic mass is 10.0. The normalized spacial score (nSPS) is 11.5. The SMILES string of the molecule is CC(C)CCn1cc2cc(N)c(-c3ccc(F)cc3)cc2n1. The molecule has 4 heteroatoms. The molecule has 0 amide bonds. The fraction of sp³-hybridized carbons (Fsp3) is 0.278. The second kappa shape index (κ2) is 5.79. The van der Waals surface area contributed by atoms with Crippen molar-refractivity contribution in [2.45, 2.75) is 26.8 Å². The van der Waals surface area contributed by atoms with Crippen molar-refractivity contribution < 1.29 is 4.39 Å². The Balaban J connectivity index is 1.98. The monoisotopic (exact) mass is 297 g/mol. The molecule has 0 saturated heterocycles. The lowest BCUT2D eigenvalue weighted by Crippen LogP contribution is -2.01. The molecule has 2 N–H and O–H groups in total. The summed E-state index contributed by atoms with van der Waals surface area (Å²) >= 11 is 0. The number of anilines is 1. The lowest BCUT2D eigenvalue weighted by Gasteiger charge is -2.05. The number of nitrogens with two attached hydrogens (primary N) is 1. The third-order valence-electron chi connectivity index (χ3n) is 3.81. The topological polar surface area (TPSA) is 43.8 Å². The molecule has 0 aliphatic rings. The van der Waals surface area contributed by atoms with E-state index >= 15 is 0 Å². The highest BCUT2D eigenvalue weighted by atomic mass is 19.1. The Morgan fingerprint density at radius 3 is 2.59 bits per heavy atom. The Morgan fingerprint density at radius 1 is 1.18 bits per heavy atom. The zero-order chi connectivity index (χ0) is 15.7. The van der Waals surface area contributed by atoms with Crippen LogP contribution in [0.3, 0.4) is 0 Å². The lowest BCUT2D eigenvalue weighted by molar-refractivity contribution is 0.489. The van der Waals surface area contributed by atoms with E-state index in [1.165, 1.54) is 12.1 Å². The maximum absolute atomic E-state index is 13.1. The van der Waals surface area contributed by atoms with E-state index in [1.54, 1.807) is 12.1 Å². The number of nitrogens with zero attached hydrogens (tertiary/aromatic N) is 2. The summed E-state index contributed by atoms with van der Waals surface area (Å²) in [4.78, 5) is 0. The van der Waals surface area contributed by atoms with Crippen LogP contribution in [0.1, 0.15) is 20.3 Å². The molecule has 0 fully saturated rings. The summed E-state index contributed by atoms with van der Waals surface area (Å²) in [7, 11) is 0. The molecule has 0 aliphatic heterocycles. The first-order valence-corrected chi connectivity index (χ1v) is 7.55. The third kappa shape index (κ3) is 2.96. The fourth-order valence-corrected chi connectivity index (χ4v) is 2.52. The molecule has 114 valence electrons. The molecule has 0 aliphatic carbocycles. The fourth-order valence-electron chi connectivity index (χ4n) is 2.52. The molecule has 0 radical (unpaired) electrons. The molecule has 0 spiro atoms. The van der Waals surface area contributed by atoms with Gasteiger partial charge in [-0.2, -0.15) is 5.10 Å².